The van der Waals surface area contributed by atoms with Crippen molar-refractivity contribution in [3.05, 3.63) is 93.9 Å². The minimum absolute atomic E-state index is 0.875. The van der Waals surface area contributed by atoms with Crippen LogP contribution >= 0.6 is 22.7 Å². The van der Waals surface area contributed by atoms with Crippen LogP contribution < -0.4 is 0 Å². The Kier molecular flexibility index (Phi) is 4.00. The number of benzene rings is 3. The molecule has 126 valence electrons. The average Bonchev–Trinajstić information content (AvgIpc) is 3.26. The van der Waals surface area contributed by atoms with Gasteiger partial charge in [0.1, 0.15) is 0 Å². The Hall–Kier alpha value is -2.56. The highest BCUT2D eigenvalue weighted by atomic mass is 32.1. The van der Waals surface area contributed by atoms with Gasteiger partial charge >= 0.3 is 0 Å². The lowest BCUT2D eigenvalue weighted by molar-refractivity contribution is 1.07. The van der Waals surface area contributed by atoms with Crippen molar-refractivity contribution in [2.75, 3.05) is 0 Å². The molecule has 0 spiro atoms. The molecule has 0 N–H and O–H groups in total. The number of hydrogen-bond donors (Lipinski definition) is 0. The summed E-state index contributed by atoms with van der Waals surface area (Å²) in [5, 5.41) is 2.34. The van der Waals surface area contributed by atoms with Gasteiger partial charge in [-0.1, -0.05) is 48.5 Å². The minimum Gasteiger partial charge on any atom is -0.241 e. The molecule has 0 atom stereocenters. The molecule has 0 aliphatic rings. The van der Waals surface area contributed by atoms with Gasteiger partial charge in [-0.25, -0.2) is 9.97 Å². The van der Waals surface area contributed by atoms with Gasteiger partial charge in [-0.05, 0) is 35.4 Å². The van der Waals surface area contributed by atoms with E-state index in [1.165, 1.54) is 30.5 Å². The number of fused-ring (bicyclic) bond motifs is 2. The fourth-order valence-electron chi connectivity index (χ4n) is 3.22. The first-order valence-electron chi connectivity index (χ1n) is 8.61. The lowest BCUT2D eigenvalue weighted by atomic mass is 10.0. The number of thiazole rings is 2. The SMILES string of the molecule is c1ccc(Cc2nc3ccccc3s2)c(Cc2nc3ccccc3s2)c1. The van der Waals surface area contributed by atoms with Gasteiger partial charge in [-0.3, -0.25) is 0 Å². The van der Waals surface area contributed by atoms with Crippen LogP contribution in [0.15, 0.2) is 72.8 Å². The molecule has 5 aromatic rings. The van der Waals surface area contributed by atoms with Crippen molar-refractivity contribution in [2.24, 2.45) is 0 Å². The maximum atomic E-state index is 4.80. The highest BCUT2D eigenvalue weighted by Gasteiger charge is 2.10. The van der Waals surface area contributed by atoms with E-state index in [-0.39, 0.29) is 0 Å². The molecule has 4 heteroatoms. The molecule has 0 saturated carbocycles. The fourth-order valence-corrected chi connectivity index (χ4v) is 5.20. The first-order valence-corrected chi connectivity index (χ1v) is 10.2. The van der Waals surface area contributed by atoms with Gasteiger partial charge in [-0.2, -0.15) is 0 Å². The van der Waals surface area contributed by atoms with Crippen molar-refractivity contribution in [3.8, 4) is 0 Å². The zero-order valence-electron chi connectivity index (χ0n) is 14.1. The molecule has 0 bridgehead atoms. The summed E-state index contributed by atoms with van der Waals surface area (Å²) in [6, 6.07) is 25.4. The van der Waals surface area contributed by atoms with E-state index in [9.17, 15) is 0 Å². The molecular weight excluding hydrogens is 356 g/mol. The Balaban J connectivity index is 1.46. The lowest BCUT2D eigenvalue weighted by Gasteiger charge is -2.06. The van der Waals surface area contributed by atoms with Crippen molar-refractivity contribution in [1.82, 2.24) is 9.97 Å². The van der Waals surface area contributed by atoms with Gasteiger partial charge < -0.3 is 0 Å². The summed E-state index contributed by atoms with van der Waals surface area (Å²) >= 11 is 3.57. The molecular formula is C22H16N2S2. The van der Waals surface area contributed by atoms with E-state index in [1.807, 2.05) is 12.1 Å². The predicted octanol–water partition coefficient (Wildman–Crippen LogP) is 6.09. The third kappa shape index (κ3) is 3.02. The van der Waals surface area contributed by atoms with Crippen molar-refractivity contribution >= 4 is 43.1 Å². The number of para-hydroxylation sites is 2. The Morgan fingerprint density at radius 2 is 0.962 bits per heavy atom. The van der Waals surface area contributed by atoms with Crippen molar-refractivity contribution in [2.45, 2.75) is 12.8 Å². The summed E-state index contributed by atoms with van der Waals surface area (Å²) in [5.41, 5.74) is 4.86. The van der Waals surface area contributed by atoms with E-state index in [0.717, 1.165) is 23.9 Å². The topological polar surface area (TPSA) is 25.8 Å². The largest absolute Gasteiger partial charge is 0.241 e. The van der Waals surface area contributed by atoms with E-state index in [1.54, 1.807) is 22.7 Å². The van der Waals surface area contributed by atoms with Crippen LogP contribution in [-0.4, -0.2) is 9.97 Å². The number of nitrogens with zero attached hydrogens (tertiary/aromatic N) is 2. The van der Waals surface area contributed by atoms with Crippen LogP contribution in [0.25, 0.3) is 20.4 Å². The Morgan fingerprint density at radius 3 is 1.42 bits per heavy atom. The van der Waals surface area contributed by atoms with Crippen LogP contribution in [0, 0.1) is 0 Å². The van der Waals surface area contributed by atoms with Crippen LogP contribution in [0.2, 0.25) is 0 Å². The second-order valence-electron chi connectivity index (χ2n) is 6.27. The molecule has 0 saturated heterocycles. The van der Waals surface area contributed by atoms with Crippen molar-refractivity contribution in [3.63, 3.8) is 0 Å². The van der Waals surface area contributed by atoms with Crippen molar-refractivity contribution < 1.29 is 0 Å². The molecule has 0 aliphatic carbocycles. The van der Waals surface area contributed by atoms with Crippen LogP contribution in [-0.2, 0) is 12.8 Å². The van der Waals surface area contributed by atoms with E-state index >= 15 is 0 Å². The number of hydrogen-bond acceptors (Lipinski definition) is 4. The second kappa shape index (κ2) is 6.63. The van der Waals surface area contributed by atoms with Crippen LogP contribution in [0.1, 0.15) is 21.1 Å². The van der Waals surface area contributed by atoms with E-state index in [4.69, 9.17) is 9.97 Å². The molecule has 0 unspecified atom stereocenters. The van der Waals surface area contributed by atoms with Gasteiger partial charge in [0.2, 0.25) is 0 Å². The summed E-state index contributed by atoms with van der Waals surface area (Å²) in [7, 11) is 0. The van der Waals surface area contributed by atoms with Gasteiger partial charge in [0, 0.05) is 12.8 Å². The summed E-state index contributed by atoms with van der Waals surface area (Å²) in [5.74, 6) is 0. The van der Waals surface area contributed by atoms with E-state index < -0.39 is 0 Å². The zero-order valence-corrected chi connectivity index (χ0v) is 15.7. The Labute approximate surface area is 159 Å². The number of rotatable bonds is 4. The molecule has 0 amide bonds. The normalized spacial score (nSPS) is 11.4. The Morgan fingerprint density at radius 1 is 0.538 bits per heavy atom. The molecule has 2 heterocycles. The third-order valence-electron chi connectivity index (χ3n) is 4.48. The average molecular weight is 373 g/mol. The van der Waals surface area contributed by atoms with E-state index in [2.05, 4.69) is 60.7 Å². The second-order valence-corrected chi connectivity index (χ2v) is 8.50. The maximum absolute atomic E-state index is 4.80. The lowest BCUT2D eigenvalue weighted by Crippen LogP contribution is -1.96. The molecule has 0 radical (unpaired) electrons. The maximum Gasteiger partial charge on any atom is 0.0982 e. The first-order chi connectivity index (χ1) is 12.8. The van der Waals surface area contributed by atoms with Crippen LogP contribution in [0.5, 0.6) is 0 Å². The Bertz CT molecular complexity index is 1040. The molecule has 5 rings (SSSR count). The van der Waals surface area contributed by atoms with Gasteiger partial charge in [-0.15, -0.1) is 22.7 Å². The monoisotopic (exact) mass is 372 g/mol. The summed E-state index contributed by atoms with van der Waals surface area (Å²) in [4.78, 5) is 9.59. The predicted molar refractivity (Wildman–Crippen MR) is 111 cm³/mol. The quantitative estimate of drug-likeness (QED) is 0.382. The standard InChI is InChI=1S/C22H16N2S2/c1-2-8-16(14-22-24-18-10-4-6-12-20(18)26-22)15(7-1)13-21-23-17-9-3-5-11-19(17)25-21/h1-12H,13-14H2. The van der Waals surface area contributed by atoms with E-state index in [0.29, 0.717) is 0 Å². The summed E-state index contributed by atoms with van der Waals surface area (Å²) in [6.45, 7) is 0. The zero-order chi connectivity index (χ0) is 17.3. The molecule has 0 fully saturated rings. The fraction of sp³-hybridized carbons (Fsp3) is 0.0909. The summed E-state index contributed by atoms with van der Waals surface area (Å²) < 4.78 is 2.51. The molecule has 0 aliphatic heterocycles. The van der Waals surface area contributed by atoms with Crippen LogP contribution in [0.3, 0.4) is 0 Å². The van der Waals surface area contributed by atoms with Gasteiger partial charge in [0.05, 0.1) is 30.4 Å². The molecule has 2 nitrogen and oxygen atoms in total. The van der Waals surface area contributed by atoms with Crippen LogP contribution in [0.4, 0.5) is 0 Å². The molecule has 3 aromatic carbocycles. The van der Waals surface area contributed by atoms with Gasteiger partial charge in [0.25, 0.3) is 0 Å². The third-order valence-corrected chi connectivity index (χ3v) is 6.55. The first kappa shape index (κ1) is 15.7. The smallest absolute Gasteiger partial charge is 0.0982 e. The van der Waals surface area contributed by atoms with Gasteiger partial charge in [0.15, 0.2) is 0 Å². The summed E-state index contributed by atoms with van der Waals surface area (Å²) in [6.07, 6.45) is 1.75. The number of aromatic nitrogens is 2. The van der Waals surface area contributed by atoms with Crippen molar-refractivity contribution in [1.29, 1.82) is 0 Å². The molecule has 2 aromatic heterocycles. The molecule has 26 heavy (non-hydrogen) atoms. The highest BCUT2D eigenvalue weighted by Crippen LogP contribution is 2.27. The minimum atomic E-state index is 0.875. The highest BCUT2D eigenvalue weighted by molar-refractivity contribution is 7.18.